The van der Waals surface area contributed by atoms with Gasteiger partial charge in [-0.15, -0.1) is 0 Å². The number of nitrogens with one attached hydrogen (secondary N) is 2. The van der Waals surface area contributed by atoms with E-state index in [1.54, 1.807) is 31.2 Å². The van der Waals surface area contributed by atoms with Crippen molar-refractivity contribution in [1.29, 1.82) is 0 Å². The number of benzene rings is 2. The van der Waals surface area contributed by atoms with Crippen LogP contribution in [-0.4, -0.2) is 28.5 Å². The Morgan fingerprint density at radius 3 is 2.34 bits per heavy atom. The molecule has 0 aliphatic rings. The molecule has 0 radical (unpaired) electrons. The third-order valence-electron chi connectivity index (χ3n) is 4.22. The summed E-state index contributed by atoms with van der Waals surface area (Å²) >= 11 is 0. The van der Waals surface area contributed by atoms with Crippen LogP contribution < -0.4 is 10.6 Å². The second kappa shape index (κ2) is 9.45. The van der Waals surface area contributed by atoms with Crippen molar-refractivity contribution >= 4 is 29.1 Å². The molecule has 0 aliphatic carbocycles. The lowest BCUT2D eigenvalue weighted by Crippen LogP contribution is -2.15. The van der Waals surface area contributed by atoms with Gasteiger partial charge in [-0.2, -0.15) is 0 Å². The Hall–Kier alpha value is -3.74. The molecular weight excluding hydrogens is 368 g/mol. The molecule has 1 heterocycles. The third-order valence-corrected chi connectivity index (χ3v) is 4.22. The Labute approximate surface area is 169 Å². The molecule has 0 saturated heterocycles. The summed E-state index contributed by atoms with van der Waals surface area (Å²) in [4.78, 5) is 33.0. The minimum Gasteiger partial charge on any atom is -0.462 e. The summed E-state index contributed by atoms with van der Waals surface area (Å²) < 4.78 is 5.06. The number of rotatable bonds is 7. The molecule has 0 saturated carbocycles. The third kappa shape index (κ3) is 4.95. The fraction of sp³-hybridized carbons (Fsp3) is 0.182. The van der Waals surface area contributed by atoms with Crippen LogP contribution in [0.4, 0.5) is 17.2 Å². The van der Waals surface area contributed by atoms with Crippen LogP contribution >= 0.6 is 0 Å². The zero-order valence-corrected chi connectivity index (χ0v) is 16.3. The van der Waals surface area contributed by atoms with E-state index in [4.69, 9.17) is 4.74 Å². The molecule has 0 atom stereocenters. The predicted molar refractivity (Wildman–Crippen MR) is 111 cm³/mol. The van der Waals surface area contributed by atoms with Crippen molar-refractivity contribution in [2.75, 3.05) is 17.2 Å². The second-order valence-corrected chi connectivity index (χ2v) is 6.14. The molecule has 2 aromatic carbocycles. The average molecular weight is 390 g/mol. The Bertz CT molecular complexity index is 1000. The second-order valence-electron chi connectivity index (χ2n) is 6.14. The van der Waals surface area contributed by atoms with Crippen molar-refractivity contribution in [2.24, 2.45) is 0 Å². The van der Waals surface area contributed by atoms with Crippen LogP contribution in [-0.2, 0) is 11.2 Å². The summed E-state index contributed by atoms with van der Waals surface area (Å²) in [5, 5.41) is 5.90. The lowest BCUT2D eigenvalue weighted by atomic mass is 10.1. The first-order valence-corrected chi connectivity index (χ1v) is 9.36. The van der Waals surface area contributed by atoms with Crippen LogP contribution in [0.5, 0.6) is 0 Å². The number of aryl methyl sites for hydroxylation is 1. The minimum atomic E-state index is -0.422. The topological polar surface area (TPSA) is 93.2 Å². The maximum absolute atomic E-state index is 12.5. The molecule has 0 fully saturated rings. The van der Waals surface area contributed by atoms with Crippen molar-refractivity contribution in [3.8, 4) is 0 Å². The molecular formula is C22H22N4O3. The highest BCUT2D eigenvalue weighted by atomic mass is 16.5. The summed E-state index contributed by atoms with van der Waals surface area (Å²) in [5.41, 5.74) is 2.94. The van der Waals surface area contributed by atoms with Gasteiger partial charge in [-0.1, -0.05) is 37.3 Å². The number of carbonyl (C=O) groups is 2. The molecule has 0 unspecified atom stereocenters. The Balaban J connectivity index is 1.73. The van der Waals surface area contributed by atoms with Gasteiger partial charge in [-0.05, 0) is 37.1 Å². The zero-order valence-electron chi connectivity index (χ0n) is 16.3. The maximum atomic E-state index is 12.5. The molecule has 1 amide bonds. The number of hydrogen-bond donors (Lipinski definition) is 2. The highest BCUT2D eigenvalue weighted by Gasteiger charge is 2.14. The van der Waals surface area contributed by atoms with Gasteiger partial charge >= 0.3 is 5.97 Å². The van der Waals surface area contributed by atoms with Crippen LogP contribution in [0.15, 0.2) is 60.9 Å². The Morgan fingerprint density at radius 1 is 0.931 bits per heavy atom. The van der Waals surface area contributed by atoms with Gasteiger partial charge in [-0.3, -0.25) is 4.79 Å². The lowest BCUT2D eigenvalue weighted by Gasteiger charge is -2.11. The van der Waals surface area contributed by atoms with Crippen LogP contribution in [0.2, 0.25) is 0 Å². The number of esters is 1. The quantitative estimate of drug-likeness (QED) is 0.587. The summed E-state index contributed by atoms with van der Waals surface area (Å²) in [6.45, 7) is 4.07. The Morgan fingerprint density at radius 2 is 1.66 bits per heavy atom. The maximum Gasteiger partial charge on any atom is 0.340 e. The molecule has 2 N–H and O–H groups in total. The van der Waals surface area contributed by atoms with Gasteiger partial charge in [0.15, 0.2) is 0 Å². The number of nitrogens with zero attached hydrogens (tertiary/aromatic N) is 2. The summed E-state index contributed by atoms with van der Waals surface area (Å²) in [5.74, 6) is -0.349. The molecule has 0 aliphatic heterocycles. The summed E-state index contributed by atoms with van der Waals surface area (Å²) in [6, 6.07) is 14.6. The molecule has 3 rings (SSSR count). The van der Waals surface area contributed by atoms with Crippen LogP contribution in [0, 0.1) is 0 Å². The van der Waals surface area contributed by atoms with Crippen LogP contribution in [0.3, 0.4) is 0 Å². The smallest absolute Gasteiger partial charge is 0.340 e. The van der Waals surface area contributed by atoms with Gasteiger partial charge in [0.05, 0.1) is 30.3 Å². The van der Waals surface area contributed by atoms with E-state index in [0.29, 0.717) is 17.1 Å². The van der Waals surface area contributed by atoms with Crippen molar-refractivity contribution in [1.82, 2.24) is 9.97 Å². The molecule has 0 spiro atoms. The number of aromatic nitrogens is 2. The molecule has 1 aromatic heterocycles. The number of hydrogen-bond acceptors (Lipinski definition) is 6. The van der Waals surface area contributed by atoms with E-state index >= 15 is 0 Å². The van der Waals surface area contributed by atoms with E-state index in [2.05, 4.69) is 20.6 Å². The van der Waals surface area contributed by atoms with Gasteiger partial charge in [0.2, 0.25) is 0 Å². The standard InChI is InChI=1S/C22H22N4O3/c1-3-15-9-5-7-11-17(15)26-21(27)19-13-24-20(14-23-19)25-18-12-8-6-10-16(18)22(28)29-4-2/h5-14H,3-4H2,1-2H3,(H,24,25)(H,26,27). The van der Waals surface area contributed by atoms with Gasteiger partial charge in [-0.25, -0.2) is 14.8 Å². The van der Waals surface area contributed by atoms with E-state index in [1.165, 1.54) is 12.4 Å². The number of amides is 1. The molecule has 7 heteroatoms. The molecule has 0 bridgehead atoms. The molecule has 7 nitrogen and oxygen atoms in total. The van der Waals surface area contributed by atoms with Crippen molar-refractivity contribution in [3.05, 3.63) is 77.7 Å². The molecule has 3 aromatic rings. The summed E-state index contributed by atoms with van der Waals surface area (Å²) in [6.07, 6.45) is 3.65. The first kappa shape index (κ1) is 20.0. The highest BCUT2D eigenvalue weighted by Crippen LogP contribution is 2.20. The fourth-order valence-electron chi connectivity index (χ4n) is 2.76. The van der Waals surface area contributed by atoms with Gasteiger partial charge < -0.3 is 15.4 Å². The van der Waals surface area contributed by atoms with Gasteiger partial charge in [0, 0.05) is 5.69 Å². The molecule has 29 heavy (non-hydrogen) atoms. The average Bonchev–Trinajstić information content (AvgIpc) is 2.75. The number of ether oxygens (including phenoxy) is 1. The van der Waals surface area contributed by atoms with E-state index < -0.39 is 5.97 Å². The van der Waals surface area contributed by atoms with Gasteiger partial charge in [0.1, 0.15) is 11.5 Å². The van der Waals surface area contributed by atoms with Gasteiger partial charge in [0.25, 0.3) is 5.91 Å². The Kier molecular flexibility index (Phi) is 6.52. The van der Waals surface area contributed by atoms with Crippen LogP contribution in [0.1, 0.15) is 40.3 Å². The number of para-hydroxylation sites is 2. The van der Waals surface area contributed by atoms with Crippen molar-refractivity contribution in [2.45, 2.75) is 20.3 Å². The summed E-state index contributed by atoms with van der Waals surface area (Å²) in [7, 11) is 0. The van der Waals surface area contributed by atoms with Crippen molar-refractivity contribution in [3.63, 3.8) is 0 Å². The van der Waals surface area contributed by atoms with E-state index in [-0.39, 0.29) is 18.2 Å². The number of anilines is 3. The zero-order chi connectivity index (χ0) is 20.6. The largest absolute Gasteiger partial charge is 0.462 e. The van der Waals surface area contributed by atoms with E-state index in [1.807, 2.05) is 31.2 Å². The van der Waals surface area contributed by atoms with Crippen LogP contribution in [0.25, 0.3) is 0 Å². The first-order chi connectivity index (χ1) is 14.1. The predicted octanol–water partition coefficient (Wildman–Crippen LogP) is 4.21. The monoisotopic (exact) mass is 390 g/mol. The first-order valence-electron chi connectivity index (χ1n) is 9.36. The van der Waals surface area contributed by atoms with E-state index in [9.17, 15) is 9.59 Å². The van der Waals surface area contributed by atoms with Crippen molar-refractivity contribution < 1.29 is 14.3 Å². The molecule has 148 valence electrons. The lowest BCUT2D eigenvalue weighted by molar-refractivity contribution is 0.0527. The SMILES string of the molecule is CCOC(=O)c1ccccc1Nc1cnc(C(=O)Nc2ccccc2CC)cn1. The number of carbonyl (C=O) groups excluding carboxylic acids is 2. The fourth-order valence-corrected chi connectivity index (χ4v) is 2.76. The normalized spacial score (nSPS) is 10.3. The van der Waals surface area contributed by atoms with E-state index in [0.717, 1.165) is 17.7 Å². The highest BCUT2D eigenvalue weighted by molar-refractivity contribution is 6.03. The minimum absolute atomic E-state index is 0.195.